The molecule has 0 fully saturated rings. The van der Waals surface area contributed by atoms with Crippen LogP contribution in [0.4, 0.5) is 0 Å². The van der Waals surface area contributed by atoms with Crippen molar-refractivity contribution in [3.63, 3.8) is 0 Å². The van der Waals surface area contributed by atoms with Crippen LogP contribution >= 0.6 is 11.6 Å². The number of nitrogens with one attached hydrogen (secondary N) is 2. The first-order valence-electron chi connectivity index (χ1n) is 8.82. The van der Waals surface area contributed by atoms with Crippen molar-refractivity contribution in [1.29, 1.82) is 0 Å². The van der Waals surface area contributed by atoms with E-state index in [9.17, 15) is 0 Å². The maximum Gasteiger partial charge on any atom is 0.248 e. The molecule has 142 valence electrons. The zero-order valence-corrected chi connectivity index (χ0v) is 15.9. The third-order valence-corrected chi connectivity index (χ3v) is 3.95. The van der Waals surface area contributed by atoms with Crippen molar-refractivity contribution in [2.45, 2.75) is 26.4 Å². The molecule has 8 nitrogen and oxygen atoms in total. The molecule has 2 heterocycles. The summed E-state index contributed by atoms with van der Waals surface area (Å²) >= 11 is 5.90. The molecule has 0 aliphatic carbocycles. The molecule has 0 spiro atoms. The number of nitrogens with zero attached hydrogens (tertiary/aromatic N) is 5. The number of rotatable bonds is 8. The molecule has 0 saturated carbocycles. The molecule has 0 radical (unpaired) electrons. The van der Waals surface area contributed by atoms with Crippen LogP contribution in [-0.2, 0) is 13.1 Å². The summed E-state index contributed by atoms with van der Waals surface area (Å²) in [5, 5.41) is 15.3. The van der Waals surface area contributed by atoms with Crippen molar-refractivity contribution in [3.8, 4) is 11.4 Å². The van der Waals surface area contributed by atoms with E-state index in [4.69, 9.17) is 16.1 Å². The van der Waals surface area contributed by atoms with Crippen molar-refractivity contribution in [2.24, 2.45) is 4.99 Å². The predicted molar refractivity (Wildman–Crippen MR) is 104 cm³/mol. The van der Waals surface area contributed by atoms with Gasteiger partial charge in [0.1, 0.15) is 6.54 Å². The molecular formula is C18H22ClN7O. The average molecular weight is 388 g/mol. The van der Waals surface area contributed by atoms with Gasteiger partial charge in [-0.1, -0.05) is 16.8 Å². The Bertz CT molecular complexity index is 843. The van der Waals surface area contributed by atoms with E-state index in [0.717, 1.165) is 31.6 Å². The topological polar surface area (TPSA) is 93.2 Å². The van der Waals surface area contributed by atoms with E-state index in [1.807, 2.05) is 36.0 Å². The van der Waals surface area contributed by atoms with E-state index in [-0.39, 0.29) is 0 Å². The zero-order chi connectivity index (χ0) is 18.9. The molecule has 3 aromatic rings. The first kappa shape index (κ1) is 18.9. The SMILES string of the molecule is CCNC(=NCc1nc(-c2ccc(Cl)cc2)no1)NCCCn1cccn1. The molecule has 1 aromatic carbocycles. The number of benzene rings is 1. The normalized spacial score (nSPS) is 11.6. The van der Waals surface area contributed by atoms with Gasteiger partial charge in [-0.05, 0) is 43.7 Å². The lowest BCUT2D eigenvalue weighted by Gasteiger charge is -2.10. The Morgan fingerprint density at radius 3 is 2.85 bits per heavy atom. The molecule has 9 heteroatoms. The summed E-state index contributed by atoms with van der Waals surface area (Å²) in [4.78, 5) is 8.87. The smallest absolute Gasteiger partial charge is 0.248 e. The maximum atomic E-state index is 5.90. The molecule has 3 rings (SSSR count). The molecule has 0 atom stereocenters. The number of hydrogen-bond donors (Lipinski definition) is 2. The summed E-state index contributed by atoms with van der Waals surface area (Å²) < 4.78 is 7.19. The van der Waals surface area contributed by atoms with Crippen molar-refractivity contribution >= 4 is 17.6 Å². The Labute approximate surface area is 162 Å². The molecule has 0 aliphatic heterocycles. The van der Waals surface area contributed by atoms with E-state index in [0.29, 0.717) is 29.2 Å². The Morgan fingerprint density at radius 1 is 1.26 bits per heavy atom. The maximum absolute atomic E-state index is 5.90. The number of guanidine groups is 1. The summed E-state index contributed by atoms with van der Waals surface area (Å²) in [6, 6.07) is 9.21. The summed E-state index contributed by atoms with van der Waals surface area (Å²) in [7, 11) is 0. The number of aliphatic imine (C=N–C) groups is 1. The monoisotopic (exact) mass is 387 g/mol. The van der Waals surface area contributed by atoms with Crippen LogP contribution in [0.5, 0.6) is 0 Å². The quantitative estimate of drug-likeness (QED) is 0.350. The van der Waals surface area contributed by atoms with Crippen LogP contribution < -0.4 is 10.6 Å². The van der Waals surface area contributed by atoms with Crippen molar-refractivity contribution < 1.29 is 4.52 Å². The van der Waals surface area contributed by atoms with Crippen molar-refractivity contribution in [3.05, 3.63) is 53.6 Å². The minimum absolute atomic E-state index is 0.301. The highest BCUT2D eigenvalue weighted by molar-refractivity contribution is 6.30. The molecule has 2 aromatic heterocycles. The zero-order valence-electron chi connectivity index (χ0n) is 15.1. The first-order valence-corrected chi connectivity index (χ1v) is 9.20. The van der Waals surface area contributed by atoms with Gasteiger partial charge in [0, 0.05) is 42.6 Å². The minimum Gasteiger partial charge on any atom is -0.357 e. The number of halogens is 1. The molecular weight excluding hydrogens is 366 g/mol. The van der Waals surface area contributed by atoms with Crippen molar-refractivity contribution in [1.82, 2.24) is 30.6 Å². The van der Waals surface area contributed by atoms with E-state index in [1.54, 1.807) is 18.3 Å². The molecule has 0 aliphatic rings. The third kappa shape index (κ3) is 5.82. The van der Waals surface area contributed by atoms with E-state index in [1.165, 1.54) is 0 Å². The second-order valence-corrected chi connectivity index (χ2v) is 6.20. The molecule has 2 N–H and O–H groups in total. The minimum atomic E-state index is 0.301. The standard InChI is InChI=1S/C18H22ClN7O/c1-2-20-18(21-9-3-11-26-12-4-10-23-26)22-13-16-24-17(25-27-16)14-5-7-15(19)8-6-14/h4-8,10,12H,2-3,9,11,13H2,1H3,(H2,20,21,22). The fourth-order valence-electron chi connectivity index (χ4n) is 2.40. The molecule has 0 amide bonds. The molecule has 0 unspecified atom stereocenters. The highest BCUT2D eigenvalue weighted by Gasteiger charge is 2.08. The highest BCUT2D eigenvalue weighted by Crippen LogP contribution is 2.18. The van der Waals surface area contributed by atoms with Gasteiger partial charge in [-0.15, -0.1) is 0 Å². The fraction of sp³-hybridized carbons (Fsp3) is 0.333. The second-order valence-electron chi connectivity index (χ2n) is 5.76. The first-order chi connectivity index (χ1) is 13.2. The van der Waals surface area contributed by atoms with Gasteiger partial charge in [-0.2, -0.15) is 10.1 Å². The lowest BCUT2D eigenvalue weighted by atomic mass is 10.2. The third-order valence-electron chi connectivity index (χ3n) is 3.70. The fourth-order valence-corrected chi connectivity index (χ4v) is 2.53. The number of aryl methyl sites for hydroxylation is 1. The average Bonchev–Trinajstić information content (AvgIpc) is 3.36. The van der Waals surface area contributed by atoms with Gasteiger partial charge in [0.2, 0.25) is 11.7 Å². The summed E-state index contributed by atoms with van der Waals surface area (Å²) in [6.07, 6.45) is 4.67. The van der Waals surface area contributed by atoms with Crippen molar-refractivity contribution in [2.75, 3.05) is 13.1 Å². The summed E-state index contributed by atoms with van der Waals surface area (Å²) in [5.41, 5.74) is 0.849. The van der Waals surface area contributed by atoms with E-state index >= 15 is 0 Å². The van der Waals surface area contributed by atoms with Crippen LogP contribution in [0.3, 0.4) is 0 Å². The summed E-state index contributed by atoms with van der Waals surface area (Å²) in [5.74, 6) is 1.69. The molecule has 27 heavy (non-hydrogen) atoms. The largest absolute Gasteiger partial charge is 0.357 e. The van der Waals surface area contributed by atoms with Crippen LogP contribution in [0.2, 0.25) is 5.02 Å². The van der Waals surface area contributed by atoms with Gasteiger partial charge in [0.15, 0.2) is 5.96 Å². The Hall–Kier alpha value is -2.87. The van der Waals surface area contributed by atoms with Crippen LogP contribution in [0, 0.1) is 0 Å². The molecule has 0 bridgehead atoms. The number of hydrogen-bond acceptors (Lipinski definition) is 5. The molecule has 0 saturated heterocycles. The van der Waals surface area contributed by atoms with Gasteiger partial charge < -0.3 is 15.2 Å². The highest BCUT2D eigenvalue weighted by atomic mass is 35.5. The van der Waals surface area contributed by atoms with Gasteiger partial charge in [-0.25, -0.2) is 4.99 Å². The van der Waals surface area contributed by atoms with Crippen LogP contribution in [0.25, 0.3) is 11.4 Å². The Balaban J connectivity index is 1.52. The second kappa shape index (κ2) is 9.72. The van der Waals surface area contributed by atoms with Crippen LogP contribution in [0.1, 0.15) is 19.2 Å². The Kier molecular flexibility index (Phi) is 6.81. The number of aromatic nitrogens is 4. The van der Waals surface area contributed by atoms with Gasteiger partial charge >= 0.3 is 0 Å². The lowest BCUT2D eigenvalue weighted by molar-refractivity contribution is 0.380. The van der Waals surface area contributed by atoms with E-state index in [2.05, 4.69) is 30.9 Å². The van der Waals surface area contributed by atoms with Gasteiger partial charge in [0.05, 0.1) is 0 Å². The van der Waals surface area contributed by atoms with Gasteiger partial charge in [-0.3, -0.25) is 4.68 Å². The van der Waals surface area contributed by atoms with E-state index < -0.39 is 0 Å². The van der Waals surface area contributed by atoms with Gasteiger partial charge in [0.25, 0.3) is 0 Å². The summed E-state index contributed by atoms with van der Waals surface area (Å²) in [6.45, 7) is 4.73. The lowest BCUT2D eigenvalue weighted by Crippen LogP contribution is -2.38. The van der Waals surface area contributed by atoms with Crippen LogP contribution in [-0.4, -0.2) is 39.0 Å². The van der Waals surface area contributed by atoms with Crippen LogP contribution in [0.15, 0.2) is 52.2 Å². The Morgan fingerprint density at radius 2 is 2.11 bits per heavy atom. The predicted octanol–water partition coefficient (Wildman–Crippen LogP) is 2.73.